The lowest BCUT2D eigenvalue weighted by Crippen LogP contribution is -2.36. The first-order valence-electron chi connectivity index (χ1n) is 12.5. The summed E-state index contributed by atoms with van der Waals surface area (Å²) in [6.45, 7) is -3.59. The van der Waals surface area contributed by atoms with E-state index in [0.29, 0.717) is 21.9 Å². The van der Waals surface area contributed by atoms with Crippen molar-refractivity contribution in [2.45, 2.75) is 32.0 Å². The number of nitrogens with zero attached hydrogens (tertiary/aromatic N) is 2. The second-order valence-electron chi connectivity index (χ2n) is 9.46. The number of amides is 1. The van der Waals surface area contributed by atoms with Gasteiger partial charge in [0.05, 0.1) is 27.9 Å². The van der Waals surface area contributed by atoms with E-state index in [1.807, 2.05) is 0 Å². The molecule has 3 aromatic rings. The lowest BCUT2D eigenvalue weighted by Gasteiger charge is -2.23. The predicted molar refractivity (Wildman–Crippen MR) is 141 cm³/mol. The van der Waals surface area contributed by atoms with E-state index in [2.05, 4.69) is 9.72 Å². The van der Waals surface area contributed by atoms with Crippen LogP contribution in [0, 0.1) is 11.7 Å². The van der Waals surface area contributed by atoms with E-state index in [1.165, 1.54) is 42.7 Å². The number of pyridine rings is 1. The number of halogens is 5. The van der Waals surface area contributed by atoms with Crippen molar-refractivity contribution in [3.63, 3.8) is 0 Å². The van der Waals surface area contributed by atoms with Crippen LogP contribution >= 0.6 is 23.2 Å². The quantitative estimate of drug-likeness (QED) is 0.195. The Balaban J connectivity index is 1.45. The molecule has 0 N–H and O–H groups in total. The molecular formula is C28H21Cl2F3N2O6. The Morgan fingerprint density at radius 2 is 1.80 bits per heavy atom. The van der Waals surface area contributed by atoms with Gasteiger partial charge in [0.25, 0.3) is 11.7 Å². The number of carbonyl (C=O) groups is 3. The zero-order valence-electron chi connectivity index (χ0n) is 21.1. The van der Waals surface area contributed by atoms with Crippen molar-refractivity contribution in [3.8, 4) is 11.5 Å². The number of Topliss-reactive ketones (excluding diaryl/α,β-unsaturated/α-hetero) is 1. The number of carbonyl (C=O) groups excluding carboxylic acids is 3. The molecule has 0 saturated heterocycles. The summed E-state index contributed by atoms with van der Waals surface area (Å²) < 4.78 is 56.7. The number of fused-ring (bicyclic) bond motifs is 1. The Labute approximate surface area is 241 Å². The van der Waals surface area contributed by atoms with E-state index < -0.39 is 42.7 Å². The van der Waals surface area contributed by atoms with E-state index >= 15 is 0 Å². The number of benzene rings is 2. The van der Waals surface area contributed by atoms with Crippen molar-refractivity contribution in [1.29, 1.82) is 0 Å². The lowest BCUT2D eigenvalue weighted by molar-refractivity contribution is -0.148. The van der Waals surface area contributed by atoms with Gasteiger partial charge in [-0.05, 0) is 54.2 Å². The Morgan fingerprint density at radius 3 is 2.49 bits per heavy atom. The third kappa shape index (κ3) is 6.41. The molecule has 8 nitrogen and oxygen atoms in total. The molecule has 0 bridgehead atoms. The van der Waals surface area contributed by atoms with Gasteiger partial charge in [0, 0.05) is 18.8 Å². The van der Waals surface area contributed by atoms with Crippen LogP contribution in [-0.2, 0) is 20.7 Å². The average Bonchev–Trinajstić information content (AvgIpc) is 3.72. The number of hydrogen-bond donors (Lipinski definition) is 0. The van der Waals surface area contributed by atoms with Gasteiger partial charge in [0.2, 0.25) is 0 Å². The molecule has 41 heavy (non-hydrogen) atoms. The zero-order chi connectivity index (χ0) is 29.3. The molecule has 1 aliphatic carbocycles. The maximum atomic E-state index is 14.5. The normalized spacial score (nSPS) is 15.2. The van der Waals surface area contributed by atoms with Gasteiger partial charge in [-0.3, -0.25) is 24.3 Å². The molecule has 1 saturated carbocycles. The average molecular weight is 609 g/mol. The highest BCUT2D eigenvalue weighted by molar-refractivity contribution is 6.52. The molecule has 2 aliphatic rings. The second kappa shape index (κ2) is 12.0. The van der Waals surface area contributed by atoms with Gasteiger partial charge >= 0.3 is 12.6 Å². The number of aromatic nitrogens is 1. The molecule has 2 heterocycles. The number of esters is 1. The van der Waals surface area contributed by atoms with Crippen LogP contribution in [0.25, 0.3) is 0 Å². The Morgan fingerprint density at radius 1 is 1.07 bits per heavy atom. The van der Waals surface area contributed by atoms with E-state index in [-0.39, 0.29) is 45.8 Å². The number of rotatable bonds is 11. The summed E-state index contributed by atoms with van der Waals surface area (Å²) in [6.07, 6.45) is 3.38. The summed E-state index contributed by atoms with van der Waals surface area (Å²) in [7, 11) is 0. The van der Waals surface area contributed by atoms with Crippen LogP contribution in [0.5, 0.6) is 11.5 Å². The van der Waals surface area contributed by atoms with Crippen LogP contribution < -0.4 is 14.4 Å². The molecule has 2 aromatic carbocycles. The molecular weight excluding hydrogens is 588 g/mol. The molecule has 13 heteroatoms. The first kappa shape index (κ1) is 28.7. The molecule has 0 unspecified atom stereocenters. The minimum absolute atomic E-state index is 0.0130. The molecule has 5 rings (SSSR count). The zero-order valence-corrected chi connectivity index (χ0v) is 22.6. The number of para-hydroxylation sites is 1. The summed E-state index contributed by atoms with van der Waals surface area (Å²) in [5, 5.41) is 0.357. The van der Waals surface area contributed by atoms with Crippen molar-refractivity contribution in [2.75, 3.05) is 18.1 Å². The largest absolute Gasteiger partial charge is 0.489 e. The molecule has 1 atom stereocenters. The molecule has 1 amide bonds. The fourth-order valence-corrected chi connectivity index (χ4v) is 4.88. The monoisotopic (exact) mass is 608 g/mol. The summed E-state index contributed by atoms with van der Waals surface area (Å²) in [5.74, 6) is -3.77. The molecule has 0 spiro atoms. The number of ether oxygens (including phenoxy) is 3. The van der Waals surface area contributed by atoms with Crippen molar-refractivity contribution in [3.05, 3.63) is 81.3 Å². The van der Waals surface area contributed by atoms with Gasteiger partial charge in [-0.2, -0.15) is 8.78 Å². The summed E-state index contributed by atoms with van der Waals surface area (Å²) in [4.78, 5) is 42.7. The maximum Gasteiger partial charge on any atom is 0.387 e. The smallest absolute Gasteiger partial charge is 0.387 e. The van der Waals surface area contributed by atoms with Crippen molar-refractivity contribution >= 4 is 46.5 Å². The molecule has 1 fully saturated rings. The molecule has 1 aromatic heterocycles. The van der Waals surface area contributed by atoms with Gasteiger partial charge in [-0.15, -0.1) is 0 Å². The first-order chi connectivity index (χ1) is 19.6. The fourth-order valence-electron chi connectivity index (χ4n) is 4.36. The number of ketones is 1. The standard InChI is InChI=1S/C28H21Cl2F3N2O6/c29-18-10-34-11-19(30)17(18)9-22(15-6-7-21(41-28(32)33)23(8-15)39-13-14-4-5-14)40-24(36)12-35-25-16(26(37)27(35)38)2-1-3-20(25)31/h1-3,6-8,10-11,14,22,28H,4-5,9,12-13H2/t22-/m0/s1. The van der Waals surface area contributed by atoms with E-state index in [0.717, 1.165) is 18.9 Å². The van der Waals surface area contributed by atoms with Crippen molar-refractivity contribution in [2.24, 2.45) is 5.92 Å². The van der Waals surface area contributed by atoms with Gasteiger partial charge in [0.1, 0.15) is 18.5 Å². The van der Waals surface area contributed by atoms with Crippen LogP contribution in [0.1, 0.15) is 40.4 Å². The van der Waals surface area contributed by atoms with Gasteiger partial charge in [-0.1, -0.05) is 35.3 Å². The number of alkyl halides is 2. The van der Waals surface area contributed by atoms with Crippen LogP contribution in [0.4, 0.5) is 18.9 Å². The first-order valence-corrected chi connectivity index (χ1v) is 13.2. The molecule has 1 aliphatic heterocycles. The van der Waals surface area contributed by atoms with E-state index in [9.17, 15) is 27.6 Å². The van der Waals surface area contributed by atoms with Gasteiger partial charge in [-0.25, -0.2) is 4.39 Å². The highest BCUT2D eigenvalue weighted by Crippen LogP contribution is 2.38. The minimum Gasteiger partial charge on any atom is -0.489 e. The van der Waals surface area contributed by atoms with Crippen LogP contribution in [0.3, 0.4) is 0 Å². The summed E-state index contributed by atoms with van der Waals surface area (Å²) in [6, 6.07) is 7.69. The van der Waals surface area contributed by atoms with Crippen molar-refractivity contribution < 1.29 is 41.8 Å². The molecule has 0 radical (unpaired) electrons. The predicted octanol–water partition coefficient (Wildman–Crippen LogP) is 5.97. The number of hydrogen-bond acceptors (Lipinski definition) is 7. The number of anilines is 1. The van der Waals surface area contributed by atoms with E-state index in [1.54, 1.807) is 0 Å². The second-order valence-corrected chi connectivity index (χ2v) is 10.3. The minimum atomic E-state index is -3.10. The summed E-state index contributed by atoms with van der Waals surface area (Å²) >= 11 is 12.6. The molecule has 214 valence electrons. The highest BCUT2D eigenvalue weighted by atomic mass is 35.5. The Kier molecular flexibility index (Phi) is 8.37. The maximum absolute atomic E-state index is 14.5. The van der Waals surface area contributed by atoms with Gasteiger partial charge < -0.3 is 14.2 Å². The lowest BCUT2D eigenvalue weighted by atomic mass is 10.0. The Hall–Kier alpha value is -3.83. The van der Waals surface area contributed by atoms with E-state index in [4.69, 9.17) is 32.7 Å². The summed E-state index contributed by atoms with van der Waals surface area (Å²) in [5.41, 5.74) is 0.200. The van der Waals surface area contributed by atoms with Crippen LogP contribution in [0.2, 0.25) is 10.0 Å². The van der Waals surface area contributed by atoms with Gasteiger partial charge in [0.15, 0.2) is 11.5 Å². The third-order valence-corrected chi connectivity index (χ3v) is 7.22. The van der Waals surface area contributed by atoms with Crippen LogP contribution in [0.15, 0.2) is 48.8 Å². The third-order valence-electron chi connectivity index (χ3n) is 6.57. The van der Waals surface area contributed by atoms with Crippen LogP contribution in [-0.4, -0.2) is 42.4 Å². The fraction of sp³-hybridized carbons (Fsp3) is 0.286. The SMILES string of the molecule is O=C(CN1C(=O)C(=O)c2cccc(F)c21)O[C@@H](Cc1c(Cl)cncc1Cl)c1ccc(OC(F)F)c(OCC2CC2)c1. The topological polar surface area (TPSA) is 95.0 Å². The highest BCUT2D eigenvalue weighted by Gasteiger charge is 2.39. The van der Waals surface area contributed by atoms with Crippen molar-refractivity contribution in [1.82, 2.24) is 4.98 Å². The Bertz CT molecular complexity index is 1500.